The summed E-state index contributed by atoms with van der Waals surface area (Å²) in [6.45, 7) is 1.27. The zero-order valence-corrected chi connectivity index (χ0v) is 13.5. The van der Waals surface area contributed by atoms with Crippen LogP contribution in [0.1, 0.15) is 29.5 Å². The summed E-state index contributed by atoms with van der Waals surface area (Å²) in [5, 5.41) is 5.08. The van der Waals surface area contributed by atoms with Crippen LogP contribution in [0.2, 0.25) is 0 Å². The second kappa shape index (κ2) is 6.04. The SMILES string of the molecule is O=C(NCc1cn2ccccc2n1)N1CCC[C@H]1c1cccs1. The maximum atomic E-state index is 12.5. The number of nitrogens with one attached hydrogen (secondary N) is 1. The van der Waals surface area contributed by atoms with Crippen molar-refractivity contribution in [2.75, 3.05) is 6.54 Å². The topological polar surface area (TPSA) is 49.6 Å². The van der Waals surface area contributed by atoms with Gasteiger partial charge in [-0.05, 0) is 36.4 Å². The monoisotopic (exact) mass is 326 g/mol. The predicted octanol–water partition coefficient (Wildman–Crippen LogP) is 3.44. The first-order valence-corrected chi connectivity index (χ1v) is 8.70. The third kappa shape index (κ3) is 2.82. The molecule has 1 atom stereocenters. The van der Waals surface area contributed by atoms with Crippen LogP contribution < -0.4 is 5.32 Å². The molecule has 118 valence electrons. The van der Waals surface area contributed by atoms with Gasteiger partial charge in [0.15, 0.2) is 0 Å². The molecule has 6 heteroatoms. The van der Waals surface area contributed by atoms with Crippen molar-refractivity contribution in [1.29, 1.82) is 0 Å². The number of carbonyl (C=O) groups is 1. The predicted molar refractivity (Wildman–Crippen MR) is 90.4 cm³/mol. The van der Waals surface area contributed by atoms with E-state index in [1.165, 1.54) is 4.88 Å². The zero-order chi connectivity index (χ0) is 15.6. The maximum Gasteiger partial charge on any atom is 0.318 e. The number of nitrogens with zero attached hydrogens (tertiary/aromatic N) is 3. The minimum atomic E-state index is -0.00189. The first-order chi connectivity index (χ1) is 11.3. The summed E-state index contributed by atoms with van der Waals surface area (Å²) in [5.74, 6) is 0. The molecule has 0 bridgehead atoms. The van der Waals surface area contributed by atoms with Crippen molar-refractivity contribution in [3.05, 3.63) is 58.7 Å². The van der Waals surface area contributed by atoms with Crippen molar-refractivity contribution in [2.45, 2.75) is 25.4 Å². The molecule has 0 unspecified atom stereocenters. The Morgan fingerprint density at radius 1 is 1.35 bits per heavy atom. The highest BCUT2D eigenvalue weighted by Gasteiger charge is 2.30. The van der Waals surface area contributed by atoms with Gasteiger partial charge in [-0.1, -0.05) is 12.1 Å². The summed E-state index contributed by atoms with van der Waals surface area (Å²) < 4.78 is 1.96. The summed E-state index contributed by atoms with van der Waals surface area (Å²) in [7, 11) is 0. The van der Waals surface area contributed by atoms with Crippen molar-refractivity contribution < 1.29 is 4.79 Å². The smallest absolute Gasteiger partial charge is 0.318 e. The van der Waals surface area contributed by atoms with Crippen molar-refractivity contribution >= 4 is 23.0 Å². The van der Waals surface area contributed by atoms with Crippen molar-refractivity contribution in [3.63, 3.8) is 0 Å². The first kappa shape index (κ1) is 14.3. The average molecular weight is 326 g/mol. The molecule has 0 spiro atoms. The summed E-state index contributed by atoms with van der Waals surface area (Å²) in [5.41, 5.74) is 1.77. The van der Waals surface area contributed by atoms with E-state index in [0.29, 0.717) is 6.54 Å². The van der Waals surface area contributed by atoms with E-state index < -0.39 is 0 Å². The van der Waals surface area contributed by atoms with Gasteiger partial charge in [0.2, 0.25) is 0 Å². The van der Waals surface area contributed by atoms with E-state index in [4.69, 9.17) is 0 Å². The lowest BCUT2D eigenvalue weighted by molar-refractivity contribution is 0.193. The minimum Gasteiger partial charge on any atom is -0.332 e. The molecule has 0 aromatic carbocycles. The van der Waals surface area contributed by atoms with Gasteiger partial charge < -0.3 is 14.6 Å². The lowest BCUT2D eigenvalue weighted by atomic mass is 10.2. The molecular formula is C17H18N4OS. The lowest BCUT2D eigenvalue weighted by Gasteiger charge is -2.24. The van der Waals surface area contributed by atoms with Crippen LogP contribution in [-0.2, 0) is 6.54 Å². The van der Waals surface area contributed by atoms with E-state index in [2.05, 4.69) is 21.7 Å². The van der Waals surface area contributed by atoms with E-state index in [9.17, 15) is 4.79 Å². The molecule has 4 heterocycles. The first-order valence-electron chi connectivity index (χ1n) is 7.82. The number of pyridine rings is 1. The highest BCUT2D eigenvalue weighted by atomic mass is 32.1. The summed E-state index contributed by atoms with van der Waals surface area (Å²) in [6, 6.07) is 10.3. The Balaban J connectivity index is 1.43. The molecule has 3 aromatic rings. The maximum absolute atomic E-state index is 12.5. The number of hydrogen-bond donors (Lipinski definition) is 1. The highest BCUT2D eigenvalue weighted by molar-refractivity contribution is 7.10. The molecule has 1 saturated heterocycles. The second-order valence-electron chi connectivity index (χ2n) is 5.72. The molecule has 1 N–H and O–H groups in total. The number of urea groups is 1. The fourth-order valence-corrected chi connectivity index (χ4v) is 4.00. The van der Waals surface area contributed by atoms with Crippen LogP contribution in [0.3, 0.4) is 0 Å². The highest BCUT2D eigenvalue weighted by Crippen LogP contribution is 2.34. The average Bonchev–Trinajstić information content (AvgIpc) is 3.31. The van der Waals surface area contributed by atoms with Crippen LogP contribution in [0.4, 0.5) is 4.79 Å². The second-order valence-corrected chi connectivity index (χ2v) is 6.70. The summed E-state index contributed by atoms with van der Waals surface area (Å²) in [4.78, 5) is 20.3. The van der Waals surface area contributed by atoms with E-state index in [-0.39, 0.29) is 12.1 Å². The number of hydrogen-bond acceptors (Lipinski definition) is 3. The van der Waals surface area contributed by atoms with Gasteiger partial charge in [0, 0.05) is 23.8 Å². The minimum absolute atomic E-state index is 0.00189. The number of thiophene rings is 1. The van der Waals surface area contributed by atoms with Gasteiger partial charge in [0.25, 0.3) is 0 Å². The molecule has 5 nitrogen and oxygen atoms in total. The standard InChI is InChI=1S/C17H18N4OS/c22-17(21-9-3-5-14(21)15-6-4-10-23-15)18-11-13-12-20-8-2-1-7-16(20)19-13/h1-2,4,6-8,10,12,14H,3,5,9,11H2,(H,18,22)/t14-/m0/s1. The van der Waals surface area contributed by atoms with Gasteiger partial charge in [-0.15, -0.1) is 11.3 Å². The molecule has 0 radical (unpaired) electrons. The number of aromatic nitrogens is 2. The van der Waals surface area contributed by atoms with Gasteiger partial charge in [-0.3, -0.25) is 0 Å². The van der Waals surface area contributed by atoms with Crippen LogP contribution >= 0.6 is 11.3 Å². The van der Waals surface area contributed by atoms with Crippen LogP contribution in [0.5, 0.6) is 0 Å². The normalized spacial score (nSPS) is 17.7. The van der Waals surface area contributed by atoms with Gasteiger partial charge in [-0.25, -0.2) is 9.78 Å². The third-order valence-electron chi connectivity index (χ3n) is 4.22. The lowest BCUT2D eigenvalue weighted by Crippen LogP contribution is -2.39. The molecule has 4 rings (SSSR count). The fourth-order valence-electron chi connectivity index (χ4n) is 3.13. The van der Waals surface area contributed by atoms with Crippen LogP contribution in [0, 0.1) is 0 Å². The zero-order valence-electron chi connectivity index (χ0n) is 12.7. The molecule has 23 heavy (non-hydrogen) atoms. The van der Waals surface area contributed by atoms with Crippen molar-refractivity contribution in [1.82, 2.24) is 19.6 Å². The van der Waals surface area contributed by atoms with E-state index in [0.717, 1.165) is 30.7 Å². The van der Waals surface area contributed by atoms with Crippen LogP contribution in [-0.4, -0.2) is 26.9 Å². The molecule has 2 amide bonds. The quantitative estimate of drug-likeness (QED) is 0.801. The van der Waals surface area contributed by atoms with Crippen molar-refractivity contribution in [2.24, 2.45) is 0 Å². The summed E-state index contributed by atoms with van der Waals surface area (Å²) in [6.07, 6.45) is 6.02. The van der Waals surface area contributed by atoms with Crippen LogP contribution in [0.15, 0.2) is 48.1 Å². The third-order valence-corrected chi connectivity index (χ3v) is 5.19. The Morgan fingerprint density at radius 3 is 3.13 bits per heavy atom. The Labute approximate surface area is 138 Å². The number of carbonyl (C=O) groups excluding carboxylic acids is 1. The van der Waals surface area contributed by atoms with E-state index in [1.54, 1.807) is 11.3 Å². The van der Waals surface area contributed by atoms with Crippen LogP contribution in [0.25, 0.3) is 5.65 Å². The molecular weight excluding hydrogens is 308 g/mol. The number of fused-ring (bicyclic) bond motifs is 1. The van der Waals surface area contributed by atoms with Crippen molar-refractivity contribution in [3.8, 4) is 0 Å². The number of rotatable bonds is 3. The Bertz CT molecular complexity index is 778. The number of likely N-dealkylation sites (tertiary alicyclic amines) is 1. The van der Waals surface area contributed by atoms with E-state index >= 15 is 0 Å². The van der Waals surface area contributed by atoms with Gasteiger partial charge >= 0.3 is 6.03 Å². The number of amides is 2. The largest absolute Gasteiger partial charge is 0.332 e. The van der Waals surface area contributed by atoms with E-state index in [1.807, 2.05) is 46.0 Å². The summed E-state index contributed by atoms with van der Waals surface area (Å²) >= 11 is 1.72. The Hall–Kier alpha value is -2.34. The van der Waals surface area contributed by atoms with Gasteiger partial charge in [0.1, 0.15) is 5.65 Å². The molecule has 3 aromatic heterocycles. The molecule has 0 saturated carbocycles. The Morgan fingerprint density at radius 2 is 2.30 bits per heavy atom. The molecule has 0 aliphatic carbocycles. The number of imidazole rings is 1. The van der Waals surface area contributed by atoms with Gasteiger partial charge in [0.05, 0.1) is 18.3 Å². The molecule has 1 fully saturated rings. The fraction of sp³-hybridized carbons (Fsp3) is 0.294. The molecule has 1 aliphatic rings. The molecule has 1 aliphatic heterocycles. The Kier molecular flexibility index (Phi) is 3.75. The van der Waals surface area contributed by atoms with Gasteiger partial charge in [-0.2, -0.15) is 0 Å².